The van der Waals surface area contributed by atoms with Gasteiger partial charge in [0.15, 0.2) is 0 Å². The SMILES string of the molecule is O=C1CSC(c2ccccc2[N+](=O)[O-])N1c1ccc(N2CCOCC2)cc1. The second-order valence-corrected chi connectivity index (χ2v) is 7.43. The van der Waals surface area contributed by atoms with E-state index in [0.29, 0.717) is 24.5 Å². The predicted octanol–water partition coefficient (Wildman–Crippen LogP) is 3.21. The normalized spacial score (nSPS) is 20.1. The van der Waals surface area contributed by atoms with Crippen molar-refractivity contribution in [3.05, 3.63) is 64.2 Å². The molecular weight excluding hydrogens is 366 g/mol. The van der Waals surface area contributed by atoms with Crippen LogP contribution in [0.5, 0.6) is 0 Å². The van der Waals surface area contributed by atoms with Gasteiger partial charge in [0.25, 0.3) is 5.69 Å². The van der Waals surface area contributed by atoms with Gasteiger partial charge in [0.1, 0.15) is 5.37 Å². The van der Waals surface area contributed by atoms with Gasteiger partial charge in [0, 0.05) is 30.5 Å². The van der Waals surface area contributed by atoms with Crippen LogP contribution in [-0.4, -0.2) is 42.9 Å². The number of nitrogens with zero attached hydrogens (tertiary/aromatic N) is 3. The molecule has 2 aliphatic heterocycles. The highest BCUT2D eigenvalue weighted by atomic mass is 32.2. The van der Waals surface area contributed by atoms with Gasteiger partial charge in [0.2, 0.25) is 5.91 Å². The minimum Gasteiger partial charge on any atom is -0.378 e. The predicted molar refractivity (Wildman–Crippen MR) is 105 cm³/mol. The van der Waals surface area contributed by atoms with E-state index in [1.165, 1.54) is 17.8 Å². The Hall–Kier alpha value is -2.58. The minimum atomic E-state index is -0.395. The Bertz CT molecular complexity index is 852. The number of carbonyl (C=O) groups excluding carboxylic acids is 1. The molecule has 2 saturated heterocycles. The minimum absolute atomic E-state index is 0.0396. The van der Waals surface area contributed by atoms with E-state index in [1.807, 2.05) is 24.3 Å². The zero-order chi connectivity index (χ0) is 18.8. The maximum Gasteiger partial charge on any atom is 0.275 e. The first-order valence-corrected chi connectivity index (χ1v) is 9.80. The van der Waals surface area contributed by atoms with Crippen LogP contribution in [0, 0.1) is 10.1 Å². The zero-order valence-corrected chi connectivity index (χ0v) is 15.4. The number of hydrogen-bond donors (Lipinski definition) is 0. The van der Waals surface area contributed by atoms with E-state index in [1.54, 1.807) is 23.1 Å². The number of anilines is 2. The van der Waals surface area contributed by atoms with Crippen LogP contribution in [0.4, 0.5) is 17.1 Å². The molecule has 0 N–H and O–H groups in total. The lowest BCUT2D eigenvalue weighted by atomic mass is 10.1. The number of thioether (sulfide) groups is 1. The average molecular weight is 385 g/mol. The summed E-state index contributed by atoms with van der Waals surface area (Å²) in [5, 5.41) is 11.0. The summed E-state index contributed by atoms with van der Waals surface area (Å²) < 4.78 is 5.38. The fraction of sp³-hybridized carbons (Fsp3) is 0.316. The Morgan fingerprint density at radius 3 is 2.41 bits per heavy atom. The molecule has 2 heterocycles. The van der Waals surface area contributed by atoms with Crippen LogP contribution in [0.15, 0.2) is 48.5 Å². The maximum atomic E-state index is 12.5. The molecule has 0 bridgehead atoms. The smallest absolute Gasteiger partial charge is 0.275 e. The van der Waals surface area contributed by atoms with Crippen molar-refractivity contribution in [1.29, 1.82) is 0 Å². The van der Waals surface area contributed by atoms with Gasteiger partial charge in [-0.25, -0.2) is 0 Å². The van der Waals surface area contributed by atoms with E-state index >= 15 is 0 Å². The summed E-state index contributed by atoms with van der Waals surface area (Å²) in [4.78, 5) is 27.5. The standard InChI is InChI=1S/C19H19N3O4S/c23-18-13-27-19(16-3-1-2-4-17(16)22(24)25)21(18)15-7-5-14(6-8-15)20-9-11-26-12-10-20/h1-8,19H,9-13H2. The summed E-state index contributed by atoms with van der Waals surface area (Å²) in [5.41, 5.74) is 2.43. The second-order valence-electron chi connectivity index (χ2n) is 6.36. The Morgan fingerprint density at radius 2 is 1.70 bits per heavy atom. The van der Waals surface area contributed by atoms with Gasteiger partial charge in [-0.2, -0.15) is 0 Å². The van der Waals surface area contributed by atoms with Crippen molar-refractivity contribution in [3.8, 4) is 0 Å². The molecule has 1 atom stereocenters. The van der Waals surface area contributed by atoms with Crippen LogP contribution < -0.4 is 9.80 Å². The summed E-state index contributed by atoms with van der Waals surface area (Å²) in [6.45, 7) is 3.11. The number of amides is 1. The lowest BCUT2D eigenvalue weighted by Gasteiger charge is -2.30. The molecule has 140 valence electrons. The Labute approximate surface area is 161 Å². The Morgan fingerprint density at radius 1 is 1.04 bits per heavy atom. The molecule has 2 aromatic rings. The Kier molecular flexibility index (Phi) is 5.00. The summed E-state index contributed by atoms with van der Waals surface area (Å²) in [6.07, 6.45) is 0. The van der Waals surface area contributed by atoms with Crippen molar-refractivity contribution in [2.75, 3.05) is 41.9 Å². The van der Waals surface area contributed by atoms with Gasteiger partial charge in [-0.15, -0.1) is 11.8 Å². The molecule has 8 heteroatoms. The highest BCUT2D eigenvalue weighted by molar-refractivity contribution is 8.00. The van der Waals surface area contributed by atoms with Gasteiger partial charge in [0.05, 0.1) is 29.5 Å². The number of para-hydroxylation sites is 1. The van der Waals surface area contributed by atoms with Crippen LogP contribution in [-0.2, 0) is 9.53 Å². The molecule has 0 aliphatic carbocycles. The lowest BCUT2D eigenvalue weighted by Crippen LogP contribution is -2.36. The van der Waals surface area contributed by atoms with E-state index in [2.05, 4.69) is 4.90 Å². The first-order valence-electron chi connectivity index (χ1n) is 8.75. The molecule has 27 heavy (non-hydrogen) atoms. The number of morpholine rings is 1. The molecule has 2 fully saturated rings. The molecule has 7 nitrogen and oxygen atoms in total. The number of rotatable bonds is 4. The molecule has 2 aliphatic rings. The lowest BCUT2D eigenvalue weighted by molar-refractivity contribution is -0.385. The summed E-state index contributed by atoms with van der Waals surface area (Å²) in [5.74, 6) is 0.268. The Balaban J connectivity index is 1.63. The summed E-state index contributed by atoms with van der Waals surface area (Å²) >= 11 is 1.42. The van der Waals surface area contributed by atoms with Gasteiger partial charge in [-0.3, -0.25) is 19.8 Å². The first-order chi connectivity index (χ1) is 13.1. The number of hydrogen-bond acceptors (Lipinski definition) is 6. The van der Waals surface area contributed by atoms with Crippen molar-refractivity contribution in [2.24, 2.45) is 0 Å². The first kappa shape index (κ1) is 17.8. The molecule has 0 saturated carbocycles. The van der Waals surface area contributed by atoms with Crippen molar-refractivity contribution in [3.63, 3.8) is 0 Å². The van der Waals surface area contributed by atoms with Gasteiger partial charge < -0.3 is 9.64 Å². The number of carbonyl (C=O) groups is 1. The zero-order valence-electron chi connectivity index (χ0n) is 14.6. The number of nitro groups is 1. The highest BCUT2D eigenvalue weighted by Gasteiger charge is 2.37. The van der Waals surface area contributed by atoms with Crippen LogP contribution >= 0.6 is 11.8 Å². The fourth-order valence-electron chi connectivity index (χ4n) is 3.44. The maximum absolute atomic E-state index is 12.5. The van der Waals surface area contributed by atoms with Crippen molar-refractivity contribution in [1.82, 2.24) is 0 Å². The van der Waals surface area contributed by atoms with Crippen molar-refractivity contribution < 1.29 is 14.5 Å². The second kappa shape index (κ2) is 7.58. The molecule has 0 aromatic heterocycles. The van der Waals surface area contributed by atoms with E-state index in [0.717, 1.165) is 24.5 Å². The van der Waals surface area contributed by atoms with Crippen LogP contribution in [0.3, 0.4) is 0 Å². The van der Waals surface area contributed by atoms with E-state index in [4.69, 9.17) is 4.74 Å². The molecule has 1 unspecified atom stereocenters. The van der Waals surface area contributed by atoms with Gasteiger partial charge >= 0.3 is 0 Å². The summed E-state index contributed by atoms with van der Waals surface area (Å²) in [7, 11) is 0. The molecule has 4 rings (SSSR count). The number of nitro benzene ring substituents is 1. The molecule has 1 amide bonds. The monoisotopic (exact) mass is 385 g/mol. The molecular formula is C19H19N3O4S. The molecule has 0 radical (unpaired) electrons. The number of ether oxygens (including phenoxy) is 1. The highest BCUT2D eigenvalue weighted by Crippen LogP contribution is 2.44. The fourth-order valence-corrected chi connectivity index (χ4v) is 4.65. The quantitative estimate of drug-likeness (QED) is 0.594. The van der Waals surface area contributed by atoms with E-state index in [9.17, 15) is 14.9 Å². The summed E-state index contributed by atoms with van der Waals surface area (Å²) in [6, 6.07) is 14.4. The van der Waals surface area contributed by atoms with Crippen molar-refractivity contribution >= 4 is 34.7 Å². The third-order valence-corrected chi connectivity index (χ3v) is 5.97. The van der Waals surface area contributed by atoms with Crippen LogP contribution in [0.2, 0.25) is 0 Å². The van der Waals surface area contributed by atoms with E-state index < -0.39 is 10.3 Å². The van der Waals surface area contributed by atoms with Gasteiger partial charge in [-0.1, -0.05) is 12.1 Å². The largest absolute Gasteiger partial charge is 0.378 e. The third-order valence-electron chi connectivity index (χ3n) is 4.77. The van der Waals surface area contributed by atoms with Crippen LogP contribution in [0.1, 0.15) is 10.9 Å². The topological polar surface area (TPSA) is 75.9 Å². The van der Waals surface area contributed by atoms with Crippen molar-refractivity contribution in [2.45, 2.75) is 5.37 Å². The molecule has 2 aromatic carbocycles. The van der Waals surface area contributed by atoms with E-state index in [-0.39, 0.29) is 11.6 Å². The third kappa shape index (κ3) is 3.50. The molecule has 0 spiro atoms. The van der Waals surface area contributed by atoms with Gasteiger partial charge in [-0.05, 0) is 30.3 Å². The van der Waals surface area contributed by atoms with Crippen LogP contribution in [0.25, 0.3) is 0 Å². The average Bonchev–Trinajstić information content (AvgIpc) is 3.10. The number of benzene rings is 2.